The van der Waals surface area contributed by atoms with Gasteiger partial charge in [-0.25, -0.2) is 0 Å². The maximum absolute atomic E-state index is 8.13. The Balaban J connectivity index is 2.93. The molecule has 0 saturated heterocycles. The second kappa shape index (κ2) is 3.80. The second-order valence-corrected chi connectivity index (χ2v) is 1.54. The predicted molar refractivity (Wildman–Crippen MR) is 25.7 cm³/mol. The first-order valence-electron chi connectivity index (χ1n) is 2.35. The molecule has 0 aromatic heterocycles. The smallest absolute Gasteiger partial charge is 0.151 e. The van der Waals surface area contributed by atoms with E-state index in [-0.39, 0.29) is 12.8 Å². The Kier molecular flexibility index (Phi) is 3.72. The molecule has 0 amide bonds. The molecule has 4 heteroatoms. The summed E-state index contributed by atoms with van der Waals surface area (Å²) in [5.74, 6) is 0. The van der Waals surface area contributed by atoms with Gasteiger partial charge in [-0.05, 0) is 0 Å². The van der Waals surface area contributed by atoms with Crippen LogP contribution in [0.4, 0.5) is 0 Å². The monoisotopic (exact) mass is 122 g/mol. The Morgan fingerprint density at radius 1 is 0.750 bits per heavy atom. The summed E-state index contributed by atoms with van der Waals surface area (Å²) in [6, 6.07) is 0. The van der Waals surface area contributed by atoms with Crippen molar-refractivity contribution in [3.05, 3.63) is 0 Å². The molecule has 4 nitrogen and oxygen atoms in total. The molecule has 50 valence electrons. The molecule has 0 radical (unpaired) electrons. The third-order valence-electron chi connectivity index (χ3n) is 0.683. The lowest BCUT2D eigenvalue weighted by Crippen LogP contribution is -2.10. The van der Waals surface area contributed by atoms with E-state index in [9.17, 15) is 0 Å². The Hall–Kier alpha value is -0.160. The van der Waals surface area contributed by atoms with Gasteiger partial charge in [-0.3, -0.25) is 0 Å². The highest BCUT2D eigenvalue weighted by atomic mass is 16.5. The van der Waals surface area contributed by atoms with Crippen LogP contribution in [-0.4, -0.2) is 33.0 Å². The maximum atomic E-state index is 8.13. The van der Waals surface area contributed by atoms with Gasteiger partial charge in [0.1, 0.15) is 0 Å². The summed E-state index contributed by atoms with van der Waals surface area (Å²) >= 11 is 0. The minimum absolute atomic E-state index is 0.00231. The standard InChI is InChI=1S/C4H10O4/c5-3(6)1-2-4(7)8/h3-8H,1-2H2. The Morgan fingerprint density at radius 3 is 1.12 bits per heavy atom. The summed E-state index contributed by atoms with van der Waals surface area (Å²) in [5, 5.41) is 32.5. The third kappa shape index (κ3) is 5.84. The van der Waals surface area contributed by atoms with Crippen LogP contribution in [0.5, 0.6) is 0 Å². The van der Waals surface area contributed by atoms with Crippen molar-refractivity contribution in [1.82, 2.24) is 0 Å². The van der Waals surface area contributed by atoms with Crippen LogP contribution in [0.2, 0.25) is 0 Å². The fourth-order valence-corrected chi connectivity index (χ4v) is 0.298. The second-order valence-electron chi connectivity index (χ2n) is 1.54. The molecule has 0 heterocycles. The molecule has 0 saturated carbocycles. The molecular formula is C4H10O4. The molecule has 0 aliphatic heterocycles. The molecule has 4 N–H and O–H groups in total. The quantitative estimate of drug-likeness (QED) is 0.339. The molecule has 8 heavy (non-hydrogen) atoms. The van der Waals surface area contributed by atoms with Gasteiger partial charge in [0, 0.05) is 12.8 Å². The van der Waals surface area contributed by atoms with Gasteiger partial charge in [0.15, 0.2) is 12.6 Å². The molecule has 0 aromatic rings. The number of rotatable bonds is 3. The van der Waals surface area contributed by atoms with Gasteiger partial charge in [-0.2, -0.15) is 0 Å². The van der Waals surface area contributed by atoms with Crippen molar-refractivity contribution >= 4 is 0 Å². The Labute approximate surface area is 47.0 Å². The van der Waals surface area contributed by atoms with E-state index in [1.807, 2.05) is 0 Å². The van der Waals surface area contributed by atoms with Gasteiger partial charge >= 0.3 is 0 Å². The predicted octanol–water partition coefficient (Wildman–Crippen LogP) is -1.61. The van der Waals surface area contributed by atoms with Crippen LogP contribution in [0.15, 0.2) is 0 Å². The van der Waals surface area contributed by atoms with E-state index in [0.717, 1.165) is 0 Å². The summed E-state index contributed by atoms with van der Waals surface area (Å²) in [6.45, 7) is 0. The molecule has 0 fully saturated rings. The van der Waals surface area contributed by atoms with Crippen LogP contribution in [-0.2, 0) is 0 Å². The zero-order chi connectivity index (χ0) is 6.57. The first-order valence-corrected chi connectivity index (χ1v) is 2.35. The molecule has 0 aliphatic rings. The summed E-state index contributed by atoms with van der Waals surface area (Å²) < 4.78 is 0. The van der Waals surface area contributed by atoms with Crippen molar-refractivity contribution in [1.29, 1.82) is 0 Å². The lowest BCUT2D eigenvalue weighted by atomic mass is 10.3. The highest BCUT2D eigenvalue weighted by Gasteiger charge is 2.00. The van der Waals surface area contributed by atoms with Crippen LogP contribution in [0, 0.1) is 0 Å². The third-order valence-corrected chi connectivity index (χ3v) is 0.683. The zero-order valence-electron chi connectivity index (χ0n) is 4.36. The van der Waals surface area contributed by atoms with Gasteiger partial charge in [0.2, 0.25) is 0 Å². The lowest BCUT2D eigenvalue weighted by Gasteiger charge is -2.03. The Bertz CT molecular complexity index is 44.0. The zero-order valence-corrected chi connectivity index (χ0v) is 4.36. The molecular weight excluding hydrogens is 112 g/mol. The highest BCUT2D eigenvalue weighted by Crippen LogP contribution is 1.95. The summed E-state index contributed by atoms with van der Waals surface area (Å²) in [4.78, 5) is 0. The van der Waals surface area contributed by atoms with Crippen LogP contribution >= 0.6 is 0 Å². The van der Waals surface area contributed by atoms with E-state index in [2.05, 4.69) is 0 Å². The molecule has 0 rings (SSSR count). The largest absolute Gasteiger partial charge is 0.368 e. The Morgan fingerprint density at radius 2 is 1.00 bits per heavy atom. The average Bonchev–Trinajstić information content (AvgIpc) is 1.61. The van der Waals surface area contributed by atoms with Crippen molar-refractivity contribution < 1.29 is 20.4 Å². The fourth-order valence-electron chi connectivity index (χ4n) is 0.298. The van der Waals surface area contributed by atoms with Gasteiger partial charge < -0.3 is 20.4 Å². The van der Waals surface area contributed by atoms with Crippen LogP contribution in [0.1, 0.15) is 12.8 Å². The van der Waals surface area contributed by atoms with Crippen LogP contribution in [0.3, 0.4) is 0 Å². The molecule has 0 spiro atoms. The van der Waals surface area contributed by atoms with E-state index in [4.69, 9.17) is 20.4 Å². The highest BCUT2D eigenvalue weighted by molar-refractivity contribution is 4.41. The normalized spacial score (nSPS) is 11.2. The van der Waals surface area contributed by atoms with Crippen molar-refractivity contribution in [2.45, 2.75) is 25.4 Å². The van der Waals surface area contributed by atoms with Crippen LogP contribution < -0.4 is 0 Å². The lowest BCUT2D eigenvalue weighted by molar-refractivity contribution is -0.0882. The SMILES string of the molecule is OC(O)CCC(O)O. The summed E-state index contributed by atoms with van der Waals surface area (Å²) in [5.41, 5.74) is 0. The van der Waals surface area contributed by atoms with E-state index in [1.54, 1.807) is 0 Å². The minimum Gasteiger partial charge on any atom is -0.368 e. The summed E-state index contributed by atoms with van der Waals surface area (Å²) in [6.07, 6.45) is -2.87. The van der Waals surface area contributed by atoms with E-state index < -0.39 is 12.6 Å². The van der Waals surface area contributed by atoms with E-state index in [0.29, 0.717) is 0 Å². The van der Waals surface area contributed by atoms with Crippen LogP contribution in [0.25, 0.3) is 0 Å². The van der Waals surface area contributed by atoms with Gasteiger partial charge in [0.05, 0.1) is 0 Å². The molecule has 0 aromatic carbocycles. The molecule has 0 atom stereocenters. The molecule has 0 aliphatic carbocycles. The number of aliphatic hydroxyl groups excluding tert-OH is 2. The number of hydrogen-bond acceptors (Lipinski definition) is 4. The first-order chi connectivity index (χ1) is 3.63. The van der Waals surface area contributed by atoms with Crippen molar-refractivity contribution in [3.63, 3.8) is 0 Å². The number of hydrogen-bond donors (Lipinski definition) is 4. The first kappa shape index (κ1) is 7.84. The fraction of sp³-hybridized carbons (Fsp3) is 1.00. The topological polar surface area (TPSA) is 80.9 Å². The molecule has 0 unspecified atom stereocenters. The molecule has 0 bridgehead atoms. The number of aliphatic hydroxyl groups is 4. The van der Waals surface area contributed by atoms with E-state index in [1.165, 1.54) is 0 Å². The van der Waals surface area contributed by atoms with Crippen molar-refractivity contribution in [2.24, 2.45) is 0 Å². The average molecular weight is 122 g/mol. The van der Waals surface area contributed by atoms with Crippen molar-refractivity contribution in [2.75, 3.05) is 0 Å². The van der Waals surface area contributed by atoms with Gasteiger partial charge in [0.25, 0.3) is 0 Å². The van der Waals surface area contributed by atoms with Crippen molar-refractivity contribution in [3.8, 4) is 0 Å². The van der Waals surface area contributed by atoms with Gasteiger partial charge in [-0.15, -0.1) is 0 Å². The van der Waals surface area contributed by atoms with Gasteiger partial charge in [-0.1, -0.05) is 0 Å². The summed E-state index contributed by atoms with van der Waals surface area (Å²) in [7, 11) is 0. The maximum Gasteiger partial charge on any atom is 0.151 e. The minimum atomic E-state index is -1.43. The van der Waals surface area contributed by atoms with E-state index >= 15 is 0 Å².